The highest BCUT2D eigenvalue weighted by molar-refractivity contribution is 5.87. The lowest BCUT2D eigenvalue weighted by molar-refractivity contribution is -0.274. The van der Waals surface area contributed by atoms with Gasteiger partial charge in [0, 0.05) is 28.5 Å². The van der Waals surface area contributed by atoms with Crippen molar-refractivity contribution in [2.45, 2.75) is 59.2 Å². The fourth-order valence-corrected chi connectivity index (χ4v) is 3.92. The molecule has 0 aliphatic heterocycles. The summed E-state index contributed by atoms with van der Waals surface area (Å²) >= 11 is 0. The SMILES string of the molecule is C=C(C)C(=O)OCC(CC)COc1ccc2cc(-c3ccc(CCCCC)cc3OC(F)(F)F)c(=O)oc2c1. The van der Waals surface area contributed by atoms with E-state index in [1.807, 2.05) is 13.8 Å². The molecule has 0 amide bonds. The van der Waals surface area contributed by atoms with E-state index in [-0.39, 0.29) is 35.8 Å². The highest BCUT2D eigenvalue weighted by Crippen LogP contribution is 2.35. The van der Waals surface area contributed by atoms with Gasteiger partial charge in [0.25, 0.3) is 0 Å². The van der Waals surface area contributed by atoms with Gasteiger partial charge in [0.15, 0.2) is 0 Å². The van der Waals surface area contributed by atoms with Crippen molar-refractivity contribution in [3.63, 3.8) is 0 Å². The van der Waals surface area contributed by atoms with E-state index >= 15 is 0 Å². The van der Waals surface area contributed by atoms with Gasteiger partial charge in [-0.1, -0.05) is 45.4 Å². The molecule has 1 unspecified atom stereocenters. The zero-order valence-electron chi connectivity index (χ0n) is 22.4. The number of halogens is 3. The lowest BCUT2D eigenvalue weighted by atomic mass is 10.00. The van der Waals surface area contributed by atoms with Gasteiger partial charge in [0.1, 0.15) is 17.1 Å². The topological polar surface area (TPSA) is 75.0 Å². The first kappa shape index (κ1) is 29.8. The average Bonchev–Trinajstić information content (AvgIpc) is 2.87. The number of fused-ring (bicyclic) bond motifs is 1. The predicted octanol–water partition coefficient (Wildman–Crippen LogP) is 7.62. The fraction of sp³-hybridized carbons (Fsp3) is 0.400. The van der Waals surface area contributed by atoms with Crippen LogP contribution in [0.3, 0.4) is 0 Å². The van der Waals surface area contributed by atoms with Crippen LogP contribution in [-0.4, -0.2) is 25.5 Å². The maximum Gasteiger partial charge on any atom is 0.573 e. The molecule has 1 atom stereocenters. The van der Waals surface area contributed by atoms with Crippen LogP contribution in [0.1, 0.15) is 52.0 Å². The minimum absolute atomic E-state index is 0.00219. The number of unbranched alkanes of at least 4 members (excludes halogenated alkanes) is 2. The van der Waals surface area contributed by atoms with Gasteiger partial charge in [-0.15, -0.1) is 13.2 Å². The maximum absolute atomic E-state index is 13.2. The maximum atomic E-state index is 13.2. The number of rotatable bonds is 13. The Morgan fingerprint density at radius 1 is 1.03 bits per heavy atom. The first-order chi connectivity index (χ1) is 18.5. The van der Waals surface area contributed by atoms with Gasteiger partial charge in [-0.05, 0) is 56.0 Å². The van der Waals surface area contributed by atoms with E-state index in [0.717, 1.165) is 19.3 Å². The van der Waals surface area contributed by atoms with E-state index in [9.17, 15) is 22.8 Å². The van der Waals surface area contributed by atoms with E-state index in [2.05, 4.69) is 11.3 Å². The van der Waals surface area contributed by atoms with Gasteiger partial charge in [-0.25, -0.2) is 9.59 Å². The Hall–Kier alpha value is -3.75. The third-order valence-corrected chi connectivity index (χ3v) is 6.20. The fourth-order valence-electron chi connectivity index (χ4n) is 3.92. The molecule has 0 radical (unpaired) electrons. The van der Waals surface area contributed by atoms with E-state index in [0.29, 0.717) is 35.1 Å². The largest absolute Gasteiger partial charge is 0.573 e. The van der Waals surface area contributed by atoms with Crippen molar-refractivity contribution < 1.29 is 36.6 Å². The summed E-state index contributed by atoms with van der Waals surface area (Å²) < 4.78 is 60.3. The minimum atomic E-state index is -4.92. The molecule has 0 aliphatic carbocycles. The molecule has 0 N–H and O–H groups in total. The van der Waals surface area contributed by atoms with Gasteiger partial charge in [-0.2, -0.15) is 0 Å². The van der Waals surface area contributed by atoms with Crippen molar-refractivity contribution in [1.82, 2.24) is 0 Å². The zero-order chi connectivity index (χ0) is 28.6. The molecular formula is C30H33F3O6. The Labute approximate surface area is 225 Å². The third-order valence-electron chi connectivity index (χ3n) is 6.20. The molecule has 0 aliphatic rings. The van der Waals surface area contributed by atoms with Crippen molar-refractivity contribution in [3.8, 4) is 22.6 Å². The van der Waals surface area contributed by atoms with Crippen molar-refractivity contribution in [3.05, 3.63) is 70.6 Å². The molecule has 1 heterocycles. The zero-order valence-corrected chi connectivity index (χ0v) is 22.4. The molecule has 3 aromatic rings. The van der Waals surface area contributed by atoms with E-state index < -0.39 is 23.7 Å². The number of esters is 1. The molecule has 2 aromatic carbocycles. The number of ether oxygens (including phenoxy) is 3. The molecule has 39 heavy (non-hydrogen) atoms. The van der Waals surface area contributed by atoms with Crippen LogP contribution >= 0.6 is 0 Å². The van der Waals surface area contributed by atoms with Crippen LogP contribution in [0.15, 0.2) is 63.8 Å². The molecule has 0 saturated heterocycles. The summed E-state index contributed by atoms with van der Waals surface area (Å²) in [6, 6.07) is 10.8. The first-order valence-electron chi connectivity index (χ1n) is 12.9. The molecule has 0 spiro atoms. The van der Waals surface area contributed by atoms with Crippen LogP contribution in [0.4, 0.5) is 13.2 Å². The van der Waals surface area contributed by atoms with E-state index in [4.69, 9.17) is 13.9 Å². The Morgan fingerprint density at radius 2 is 1.79 bits per heavy atom. The minimum Gasteiger partial charge on any atom is -0.493 e. The van der Waals surface area contributed by atoms with Gasteiger partial charge in [-0.3, -0.25) is 0 Å². The molecule has 3 rings (SSSR count). The van der Waals surface area contributed by atoms with Gasteiger partial charge in [0.2, 0.25) is 0 Å². The van der Waals surface area contributed by atoms with Crippen molar-refractivity contribution in [1.29, 1.82) is 0 Å². The summed E-state index contributed by atoms with van der Waals surface area (Å²) in [6.07, 6.45) is -0.832. The molecule has 0 fully saturated rings. The third kappa shape index (κ3) is 8.63. The Kier molecular flexibility index (Phi) is 10.2. The van der Waals surface area contributed by atoms with Crippen molar-refractivity contribution >= 4 is 16.9 Å². The Balaban J connectivity index is 1.84. The summed E-state index contributed by atoms with van der Waals surface area (Å²) in [5.74, 6) is -0.538. The molecular weight excluding hydrogens is 513 g/mol. The second kappa shape index (κ2) is 13.4. The second-order valence-corrected chi connectivity index (χ2v) is 9.45. The number of alkyl halides is 3. The lowest BCUT2D eigenvalue weighted by Gasteiger charge is -2.16. The summed E-state index contributed by atoms with van der Waals surface area (Å²) in [5, 5.41) is 0.504. The smallest absolute Gasteiger partial charge is 0.493 e. The summed E-state index contributed by atoms with van der Waals surface area (Å²) in [6.45, 7) is 9.55. The average molecular weight is 547 g/mol. The Morgan fingerprint density at radius 3 is 2.46 bits per heavy atom. The second-order valence-electron chi connectivity index (χ2n) is 9.45. The van der Waals surface area contributed by atoms with Crippen LogP contribution < -0.4 is 15.1 Å². The van der Waals surface area contributed by atoms with Gasteiger partial charge >= 0.3 is 18.0 Å². The van der Waals surface area contributed by atoms with E-state index in [1.54, 1.807) is 25.1 Å². The molecule has 210 valence electrons. The molecule has 9 heteroatoms. The van der Waals surface area contributed by atoms with Crippen LogP contribution in [-0.2, 0) is 16.0 Å². The van der Waals surface area contributed by atoms with E-state index in [1.165, 1.54) is 24.3 Å². The standard InChI is InChI=1S/C30H33F3O6/c1-5-7-8-9-21-10-13-24(27(14-21)39-30(31,32)33)25-15-22-11-12-23(16-26(22)38-29(25)35)36-17-20(6-2)18-37-28(34)19(3)4/h10-16,20H,3,5-9,17-18H2,1-2,4H3. The molecule has 6 nitrogen and oxygen atoms in total. The van der Waals surface area contributed by atoms with Gasteiger partial charge in [0.05, 0.1) is 18.8 Å². The number of hydrogen-bond acceptors (Lipinski definition) is 6. The van der Waals surface area contributed by atoms with Crippen molar-refractivity contribution in [2.24, 2.45) is 5.92 Å². The predicted molar refractivity (Wildman–Crippen MR) is 143 cm³/mol. The summed E-state index contributed by atoms with van der Waals surface area (Å²) in [5.41, 5.74) is 0.382. The number of benzene rings is 2. The number of aryl methyl sites for hydroxylation is 1. The van der Waals surface area contributed by atoms with Gasteiger partial charge < -0.3 is 18.6 Å². The molecule has 0 bridgehead atoms. The highest BCUT2D eigenvalue weighted by Gasteiger charge is 2.33. The lowest BCUT2D eigenvalue weighted by Crippen LogP contribution is -2.20. The monoisotopic (exact) mass is 546 g/mol. The number of hydrogen-bond donors (Lipinski definition) is 0. The van der Waals surface area contributed by atoms with Crippen molar-refractivity contribution in [2.75, 3.05) is 13.2 Å². The molecule has 0 saturated carbocycles. The normalized spacial score (nSPS) is 12.3. The first-order valence-corrected chi connectivity index (χ1v) is 12.9. The molecule has 1 aromatic heterocycles. The number of carbonyl (C=O) groups excluding carboxylic acids is 1. The van der Waals surface area contributed by atoms with Crippen LogP contribution in [0.2, 0.25) is 0 Å². The van der Waals surface area contributed by atoms with Crippen LogP contribution in [0.5, 0.6) is 11.5 Å². The number of carbonyl (C=O) groups is 1. The Bertz CT molecular complexity index is 1360. The summed E-state index contributed by atoms with van der Waals surface area (Å²) in [7, 11) is 0. The summed E-state index contributed by atoms with van der Waals surface area (Å²) in [4.78, 5) is 24.5. The quantitative estimate of drug-likeness (QED) is 0.0950. The van der Waals surface area contributed by atoms with Crippen LogP contribution in [0, 0.1) is 5.92 Å². The highest BCUT2D eigenvalue weighted by atomic mass is 19.4. The van der Waals surface area contributed by atoms with Crippen LogP contribution in [0.25, 0.3) is 22.1 Å².